The zero-order chi connectivity index (χ0) is 29.4. The topological polar surface area (TPSA) is 90.9 Å². The van der Waals surface area contributed by atoms with Crippen LogP contribution in [-0.4, -0.2) is 44.1 Å². The summed E-state index contributed by atoms with van der Waals surface area (Å²) < 4.78 is 60.3. The van der Waals surface area contributed by atoms with E-state index in [2.05, 4.69) is 0 Å². The lowest BCUT2D eigenvalue weighted by molar-refractivity contribution is -0.231. The van der Waals surface area contributed by atoms with Crippen molar-refractivity contribution in [1.82, 2.24) is 0 Å². The van der Waals surface area contributed by atoms with Crippen LogP contribution in [0.2, 0.25) is 0 Å². The Kier molecular flexibility index (Phi) is 10.3. The fraction of sp³-hybridized carbons (Fsp3) is 0.375. The molecule has 1 unspecified atom stereocenters. The number of phosphoric acid groups is 1. The molecule has 0 aromatic heterocycles. The maximum Gasteiger partial charge on any atom is 0.475 e. The number of benzene rings is 3. The number of rotatable bonds is 14. The first kappa shape index (κ1) is 30.6. The molecule has 0 spiro atoms. The summed E-state index contributed by atoms with van der Waals surface area (Å²) in [5, 5.41) is 0. The van der Waals surface area contributed by atoms with Crippen molar-refractivity contribution < 1.29 is 41.8 Å². The highest BCUT2D eigenvalue weighted by Crippen LogP contribution is 2.51. The lowest BCUT2D eigenvalue weighted by Gasteiger charge is -2.23. The fourth-order valence-corrected chi connectivity index (χ4v) is 5.78. The standard InChI is InChI=1S/C32H37O9P/c1-32(2)40-29-28(39-31(30(29)41-32)35-21-26-16-18-27(34-3)19-17-26)15-10-20-36-42(33,37-22-24-11-6-4-7-12-24)38-23-25-13-8-5-9-14-25/h4-19,28-31H,20-23H2,1-3H3/b15-10-/t28-,29-,30?,31+/m1/s1. The Labute approximate surface area is 246 Å². The van der Waals surface area contributed by atoms with Crippen LogP contribution in [-0.2, 0) is 56.9 Å². The average molecular weight is 597 g/mol. The molecule has 0 amide bonds. The Hall–Kier alpha value is -2.85. The molecule has 0 aliphatic carbocycles. The van der Waals surface area contributed by atoms with Gasteiger partial charge in [-0.05, 0) is 42.7 Å². The minimum atomic E-state index is -3.90. The lowest BCUT2D eigenvalue weighted by Crippen LogP contribution is -2.31. The van der Waals surface area contributed by atoms with Gasteiger partial charge in [0.15, 0.2) is 12.1 Å². The first-order valence-corrected chi connectivity index (χ1v) is 15.3. The quantitative estimate of drug-likeness (QED) is 0.151. The van der Waals surface area contributed by atoms with E-state index in [0.29, 0.717) is 6.61 Å². The van der Waals surface area contributed by atoms with Crippen LogP contribution in [0, 0.1) is 0 Å². The van der Waals surface area contributed by atoms with E-state index in [0.717, 1.165) is 22.4 Å². The summed E-state index contributed by atoms with van der Waals surface area (Å²) in [6.45, 7) is 4.20. The molecule has 5 rings (SSSR count). The van der Waals surface area contributed by atoms with Gasteiger partial charge in [-0.15, -0.1) is 0 Å². The van der Waals surface area contributed by atoms with Gasteiger partial charge in [0.1, 0.15) is 24.1 Å². The predicted molar refractivity (Wildman–Crippen MR) is 155 cm³/mol. The molecule has 10 heteroatoms. The van der Waals surface area contributed by atoms with Crippen LogP contribution in [0.1, 0.15) is 30.5 Å². The maximum absolute atomic E-state index is 13.5. The Morgan fingerprint density at radius 2 is 1.33 bits per heavy atom. The molecule has 0 N–H and O–H groups in total. The van der Waals surface area contributed by atoms with Crippen molar-refractivity contribution in [2.45, 2.75) is 64.1 Å². The summed E-state index contributed by atoms with van der Waals surface area (Å²) in [7, 11) is -2.27. The van der Waals surface area contributed by atoms with Crippen molar-refractivity contribution in [3.05, 3.63) is 114 Å². The third-order valence-corrected chi connectivity index (χ3v) is 8.10. The molecule has 2 heterocycles. The van der Waals surface area contributed by atoms with Gasteiger partial charge in [0.25, 0.3) is 0 Å². The van der Waals surface area contributed by atoms with Crippen molar-refractivity contribution in [2.24, 2.45) is 0 Å². The highest BCUT2D eigenvalue weighted by Gasteiger charge is 2.55. The molecule has 3 aromatic rings. The van der Waals surface area contributed by atoms with Crippen molar-refractivity contribution >= 4 is 7.82 Å². The van der Waals surface area contributed by atoms with Crippen LogP contribution in [0.15, 0.2) is 97.1 Å². The van der Waals surface area contributed by atoms with Crippen molar-refractivity contribution in [3.8, 4) is 5.75 Å². The van der Waals surface area contributed by atoms with E-state index >= 15 is 0 Å². The van der Waals surface area contributed by atoms with Gasteiger partial charge in [-0.25, -0.2) is 4.57 Å². The average Bonchev–Trinajstić information content (AvgIpc) is 3.50. The number of phosphoric ester groups is 1. The van der Waals surface area contributed by atoms with Crippen LogP contribution in [0.5, 0.6) is 5.75 Å². The second-order valence-corrected chi connectivity index (χ2v) is 12.1. The summed E-state index contributed by atoms with van der Waals surface area (Å²) in [5.41, 5.74) is 2.68. The Bertz CT molecular complexity index is 1280. The molecule has 0 saturated carbocycles. The van der Waals surface area contributed by atoms with Crippen LogP contribution in [0.25, 0.3) is 0 Å². The molecule has 4 atom stereocenters. The molecule has 9 nitrogen and oxygen atoms in total. The van der Waals surface area contributed by atoms with E-state index in [9.17, 15) is 4.57 Å². The van der Waals surface area contributed by atoms with Gasteiger partial charge in [-0.1, -0.05) is 84.9 Å². The maximum atomic E-state index is 13.5. The highest BCUT2D eigenvalue weighted by atomic mass is 31.2. The minimum Gasteiger partial charge on any atom is -0.497 e. The zero-order valence-corrected chi connectivity index (χ0v) is 24.9. The Morgan fingerprint density at radius 1 is 0.762 bits per heavy atom. The number of ether oxygens (including phenoxy) is 5. The van der Waals surface area contributed by atoms with Crippen LogP contribution >= 0.6 is 7.82 Å². The number of methoxy groups -OCH3 is 1. The number of hydrogen-bond acceptors (Lipinski definition) is 9. The Balaban J connectivity index is 1.19. The van der Waals surface area contributed by atoms with Gasteiger partial charge in [0, 0.05) is 0 Å². The third kappa shape index (κ3) is 8.37. The van der Waals surface area contributed by atoms with Crippen LogP contribution in [0.4, 0.5) is 0 Å². The molecule has 0 bridgehead atoms. The second-order valence-electron chi connectivity index (χ2n) is 10.4. The first-order chi connectivity index (χ1) is 20.3. The van der Waals surface area contributed by atoms with Crippen LogP contribution in [0.3, 0.4) is 0 Å². The molecule has 224 valence electrons. The molecule has 2 aliphatic rings. The molecular weight excluding hydrogens is 559 g/mol. The van der Waals surface area contributed by atoms with E-state index in [-0.39, 0.29) is 25.9 Å². The molecule has 2 aliphatic heterocycles. The first-order valence-electron chi connectivity index (χ1n) is 13.9. The van der Waals surface area contributed by atoms with Gasteiger partial charge < -0.3 is 23.7 Å². The minimum absolute atomic E-state index is 0.0280. The van der Waals surface area contributed by atoms with Gasteiger partial charge in [0.05, 0.1) is 33.5 Å². The van der Waals surface area contributed by atoms with Gasteiger partial charge in [-0.3, -0.25) is 13.6 Å². The highest BCUT2D eigenvalue weighted by molar-refractivity contribution is 7.48. The van der Waals surface area contributed by atoms with E-state index in [4.69, 9.17) is 37.3 Å². The van der Waals surface area contributed by atoms with Crippen molar-refractivity contribution in [1.29, 1.82) is 0 Å². The summed E-state index contributed by atoms with van der Waals surface area (Å²) in [5.74, 6) is -0.00603. The third-order valence-electron chi connectivity index (χ3n) is 6.74. The summed E-state index contributed by atoms with van der Waals surface area (Å²) in [6, 6.07) is 26.5. The molecule has 3 aromatic carbocycles. The SMILES string of the molecule is COc1ccc(CO[C@H]2O[C@H](/C=C\COP(=O)(OCc3ccccc3)OCc3ccccc3)[C@H]3OC(C)(C)OC23)cc1. The van der Waals surface area contributed by atoms with Crippen molar-refractivity contribution in [3.63, 3.8) is 0 Å². The van der Waals surface area contributed by atoms with E-state index in [1.165, 1.54) is 0 Å². The summed E-state index contributed by atoms with van der Waals surface area (Å²) in [6.07, 6.45) is 1.63. The fourth-order valence-electron chi connectivity index (χ4n) is 4.67. The molecule has 42 heavy (non-hydrogen) atoms. The summed E-state index contributed by atoms with van der Waals surface area (Å²) in [4.78, 5) is 0. The Morgan fingerprint density at radius 3 is 1.93 bits per heavy atom. The monoisotopic (exact) mass is 596 g/mol. The lowest BCUT2D eigenvalue weighted by atomic mass is 10.1. The summed E-state index contributed by atoms with van der Waals surface area (Å²) >= 11 is 0. The number of fused-ring (bicyclic) bond motifs is 1. The zero-order valence-electron chi connectivity index (χ0n) is 24.0. The molecule has 0 radical (unpaired) electrons. The van der Waals surface area contributed by atoms with E-state index in [1.807, 2.05) is 98.8 Å². The largest absolute Gasteiger partial charge is 0.497 e. The van der Waals surface area contributed by atoms with Crippen LogP contribution < -0.4 is 4.74 Å². The second kappa shape index (κ2) is 14.1. The van der Waals surface area contributed by atoms with Gasteiger partial charge >= 0.3 is 7.82 Å². The van der Waals surface area contributed by atoms with E-state index in [1.54, 1.807) is 19.3 Å². The predicted octanol–water partition coefficient (Wildman–Crippen LogP) is 6.57. The smallest absolute Gasteiger partial charge is 0.475 e. The number of hydrogen-bond donors (Lipinski definition) is 0. The van der Waals surface area contributed by atoms with Crippen molar-refractivity contribution in [2.75, 3.05) is 13.7 Å². The van der Waals surface area contributed by atoms with Gasteiger partial charge in [0.2, 0.25) is 0 Å². The molecule has 2 saturated heterocycles. The molecule has 2 fully saturated rings. The normalized spacial score (nSPS) is 23.3. The molecular formula is C32H37O9P. The van der Waals surface area contributed by atoms with Gasteiger partial charge in [-0.2, -0.15) is 0 Å². The van der Waals surface area contributed by atoms with E-state index < -0.39 is 32.1 Å².